The first kappa shape index (κ1) is 17.4. The Morgan fingerprint density at radius 3 is 2.96 bits per heavy atom. The Balaban J connectivity index is 1.58. The number of ether oxygens (including phenoxy) is 1. The molecular formula is C18H24N4O3. The fourth-order valence-corrected chi connectivity index (χ4v) is 2.93. The number of rotatable bonds is 5. The minimum atomic E-state index is -0.0849. The van der Waals surface area contributed by atoms with Crippen LogP contribution < -0.4 is 4.90 Å². The smallest absolute Gasteiger partial charge is 0.276 e. The summed E-state index contributed by atoms with van der Waals surface area (Å²) in [6, 6.07) is 4.11. The first-order valence-electron chi connectivity index (χ1n) is 8.48. The second kappa shape index (κ2) is 7.65. The van der Waals surface area contributed by atoms with Crippen molar-refractivity contribution in [2.24, 2.45) is 0 Å². The second-order valence-electron chi connectivity index (χ2n) is 6.46. The van der Waals surface area contributed by atoms with Crippen molar-refractivity contribution < 1.29 is 13.9 Å². The molecule has 2 aromatic heterocycles. The lowest BCUT2D eigenvalue weighted by atomic mass is 10.1. The number of anilines is 1. The molecule has 3 rings (SSSR count). The van der Waals surface area contributed by atoms with Crippen LogP contribution in [0, 0.1) is 6.92 Å². The number of oxazole rings is 1. The zero-order chi connectivity index (χ0) is 17.8. The van der Waals surface area contributed by atoms with Crippen molar-refractivity contribution in [3.63, 3.8) is 0 Å². The number of carbonyl (C=O) groups is 1. The van der Waals surface area contributed by atoms with Crippen LogP contribution in [-0.4, -0.2) is 60.7 Å². The van der Waals surface area contributed by atoms with Gasteiger partial charge in [0.1, 0.15) is 11.6 Å². The van der Waals surface area contributed by atoms with Crippen LogP contribution in [0.5, 0.6) is 0 Å². The van der Waals surface area contributed by atoms with Gasteiger partial charge in [0.15, 0.2) is 12.1 Å². The topological polar surface area (TPSA) is 71.7 Å². The monoisotopic (exact) mass is 344 g/mol. The van der Waals surface area contributed by atoms with Crippen LogP contribution in [0.2, 0.25) is 0 Å². The van der Waals surface area contributed by atoms with Crippen molar-refractivity contribution in [1.29, 1.82) is 0 Å². The maximum Gasteiger partial charge on any atom is 0.276 e. The van der Waals surface area contributed by atoms with Gasteiger partial charge in [0, 0.05) is 33.4 Å². The molecule has 1 atom stereocenters. The quantitative estimate of drug-likeness (QED) is 0.825. The van der Waals surface area contributed by atoms with Gasteiger partial charge in [-0.25, -0.2) is 9.97 Å². The van der Waals surface area contributed by atoms with Gasteiger partial charge in [-0.3, -0.25) is 4.79 Å². The minimum Gasteiger partial charge on any atom is -0.448 e. The van der Waals surface area contributed by atoms with E-state index in [0.717, 1.165) is 18.7 Å². The summed E-state index contributed by atoms with van der Waals surface area (Å²) in [6.07, 6.45) is 4.92. The van der Waals surface area contributed by atoms with E-state index >= 15 is 0 Å². The summed E-state index contributed by atoms with van der Waals surface area (Å²) in [7, 11) is 3.96. The number of hydrogen-bond acceptors (Lipinski definition) is 6. The molecule has 7 heteroatoms. The van der Waals surface area contributed by atoms with Gasteiger partial charge in [0.05, 0.1) is 12.7 Å². The summed E-state index contributed by atoms with van der Waals surface area (Å²) >= 11 is 0. The number of amides is 1. The van der Waals surface area contributed by atoms with Crippen molar-refractivity contribution in [3.8, 4) is 0 Å². The Morgan fingerprint density at radius 1 is 1.40 bits per heavy atom. The molecule has 0 spiro atoms. The molecule has 0 saturated carbocycles. The Bertz CT molecular complexity index is 729. The number of morpholine rings is 1. The third-order valence-electron chi connectivity index (χ3n) is 4.40. The summed E-state index contributed by atoms with van der Waals surface area (Å²) < 4.78 is 11.0. The molecular weight excluding hydrogens is 320 g/mol. The summed E-state index contributed by atoms with van der Waals surface area (Å²) in [5.74, 6) is 1.42. The van der Waals surface area contributed by atoms with E-state index in [1.54, 1.807) is 11.8 Å². The number of aryl methyl sites for hydroxylation is 2. The number of pyridine rings is 1. The largest absolute Gasteiger partial charge is 0.448 e. The van der Waals surface area contributed by atoms with Crippen molar-refractivity contribution in [1.82, 2.24) is 14.9 Å². The van der Waals surface area contributed by atoms with Gasteiger partial charge in [-0.05, 0) is 37.5 Å². The molecule has 3 heterocycles. The van der Waals surface area contributed by atoms with Gasteiger partial charge in [-0.15, -0.1) is 0 Å². The average Bonchev–Trinajstić information content (AvgIpc) is 3.06. The fraction of sp³-hybridized carbons (Fsp3) is 0.500. The van der Waals surface area contributed by atoms with E-state index in [2.05, 4.69) is 16.0 Å². The predicted molar refractivity (Wildman–Crippen MR) is 93.8 cm³/mol. The van der Waals surface area contributed by atoms with E-state index in [-0.39, 0.29) is 12.0 Å². The van der Waals surface area contributed by atoms with Gasteiger partial charge in [0.25, 0.3) is 5.91 Å². The molecule has 1 aliphatic rings. The van der Waals surface area contributed by atoms with Gasteiger partial charge in [-0.1, -0.05) is 0 Å². The summed E-state index contributed by atoms with van der Waals surface area (Å²) in [6.45, 7) is 3.47. The highest BCUT2D eigenvalue weighted by Crippen LogP contribution is 2.17. The first-order valence-corrected chi connectivity index (χ1v) is 8.48. The van der Waals surface area contributed by atoms with E-state index in [1.165, 1.54) is 12.0 Å². The van der Waals surface area contributed by atoms with Crippen molar-refractivity contribution in [2.75, 3.05) is 38.7 Å². The summed E-state index contributed by atoms with van der Waals surface area (Å²) in [5, 5.41) is 0. The Labute approximate surface area is 147 Å². The number of nitrogens with zero attached hydrogens (tertiary/aromatic N) is 4. The van der Waals surface area contributed by atoms with Crippen molar-refractivity contribution in [2.45, 2.75) is 25.9 Å². The van der Waals surface area contributed by atoms with Gasteiger partial charge in [-0.2, -0.15) is 0 Å². The molecule has 7 nitrogen and oxygen atoms in total. The lowest BCUT2D eigenvalue weighted by Crippen LogP contribution is -2.46. The molecule has 0 bridgehead atoms. The maximum absolute atomic E-state index is 12.6. The molecule has 1 saturated heterocycles. The summed E-state index contributed by atoms with van der Waals surface area (Å²) in [4.78, 5) is 24.7. The van der Waals surface area contributed by atoms with E-state index in [9.17, 15) is 4.79 Å². The Kier molecular flexibility index (Phi) is 5.33. The van der Waals surface area contributed by atoms with E-state index in [1.807, 2.05) is 31.3 Å². The third kappa shape index (κ3) is 4.17. The van der Waals surface area contributed by atoms with Crippen LogP contribution in [0.1, 0.15) is 28.2 Å². The maximum atomic E-state index is 12.6. The van der Waals surface area contributed by atoms with Crippen molar-refractivity contribution >= 4 is 11.7 Å². The Morgan fingerprint density at radius 2 is 2.24 bits per heavy atom. The highest BCUT2D eigenvalue weighted by atomic mass is 16.5. The average molecular weight is 344 g/mol. The van der Waals surface area contributed by atoms with Gasteiger partial charge < -0.3 is 19.0 Å². The predicted octanol–water partition coefficient (Wildman–Crippen LogP) is 1.92. The molecule has 0 aromatic carbocycles. The van der Waals surface area contributed by atoms with Crippen LogP contribution in [0.25, 0.3) is 0 Å². The minimum absolute atomic E-state index is 0.0286. The van der Waals surface area contributed by atoms with Crippen LogP contribution in [0.15, 0.2) is 29.1 Å². The molecule has 0 unspecified atom stereocenters. The number of hydrogen-bond donors (Lipinski definition) is 0. The molecule has 1 amide bonds. The molecule has 25 heavy (non-hydrogen) atoms. The number of carbonyl (C=O) groups excluding carboxylic acids is 1. The highest BCUT2D eigenvalue weighted by molar-refractivity contribution is 5.93. The fourth-order valence-electron chi connectivity index (χ4n) is 2.93. The SMILES string of the molecule is Cc1ocnc1C(=O)N1CCO[C@H](CCc2ccnc(N(C)C)c2)C1. The molecule has 134 valence electrons. The van der Waals surface area contributed by atoms with E-state index in [0.29, 0.717) is 31.2 Å². The van der Waals surface area contributed by atoms with Crippen LogP contribution in [-0.2, 0) is 11.2 Å². The van der Waals surface area contributed by atoms with Crippen LogP contribution >= 0.6 is 0 Å². The summed E-state index contributed by atoms with van der Waals surface area (Å²) in [5.41, 5.74) is 1.61. The Hall–Kier alpha value is -2.41. The standard InChI is InChI=1S/C18H24N4O3/c1-13-17(20-12-25-13)18(23)22-8-9-24-15(11-22)5-4-14-6-7-19-16(10-14)21(2)3/h6-7,10,12,15H,4-5,8-9,11H2,1-3H3/t15-/m1/s1. The number of aromatic nitrogens is 2. The first-order chi connectivity index (χ1) is 12.0. The van der Waals surface area contributed by atoms with Gasteiger partial charge in [0.2, 0.25) is 0 Å². The molecule has 0 N–H and O–H groups in total. The third-order valence-corrected chi connectivity index (χ3v) is 4.40. The highest BCUT2D eigenvalue weighted by Gasteiger charge is 2.27. The molecule has 0 aliphatic carbocycles. The zero-order valence-electron chi connectivity index (χ0n) is 14.9. The lowest BCUT2D eigenvalue weighted by Gasteiger charge is -2.32. The molecule has 0 radical (unpaired) electrons. The molecule has 1 aliphatic heterocycles. The van der Waals surface area contributed by atoms with E-state index in [4.69, 9.17) is 9.15 Å². The lowest BCUT2D eigenvalue weighted by molar-refractivity contribution is -0.0248. The van der Waals surface area contributed by atoms with Crippen LogP contribution in [0.4, 0.5) is 5.82 Å². The van der Waals surface area contributed by atoms with Crippen molar-refractivity contribution in [3.05, 3.63) is 41.7 Å². The molecule has 2 aromatic rings. The zero-order valence-corrected chi connectivity index (χ0v) is 14.9. The van der Waals surface area contributed by atoms with Crippen LogP contribution in [0.3, 0.4) is 0 Å². The second-order valence-corrected chi connectivity index (χ2v) is 6.46. The molecule has 1 fully saturated rings. The van der Waals surface area contributed by atoms with Gasteiger partial charge >= 0.3 is 0 Å². The van der Waals surface area contributed by atoms with E-state index < -0.39 is 0 Å². The normalized spacial score (nSPS) is 17.6.